The maximum atomic E-state index is 10.6. The highest BCUT2D eigenvalue weighted by Gasteiger charge is 2.38. The lowest BCUT2D eigenvalue weighted by Gasteiger charge is -1.93. The van der Waals surface area contributed by atoms with Gasteiger partial charge in [-0.05, 0) is 0 Å². The number of halogens is 4. The van der Waals surface area contributed by atoms with Gasteiger partial charge < -0.3 is 5.11 Å². The fourth-order valence-corrected chi connectivity index (χ4v) is 0. The summed E-state index contributed by atoms with van der Waals surface area (Å²) in [7, 11) is 0. The summed E-state index contributed by atoms with van der Waals surface area (Å²) in [5.41, 5.74) is 0. The summed E-state index contributed by atoms with van der Waals surface area (Å²) >= 11 is 3.27. The van der Waals surface area contributed by atoms with E-state index in [1.54, 1.807) is 0 Å². The molecule has 0 aliphatic rings. The minimum atomic E-state index is -5.08. The molecule has 0 amide bonds. The molecule has 11 heavy (non-hydrogen) atoms. The van der Waals surface area contributed by atoms with Gasteiger partial charge in [0.15, 0.2) is 0 Å². The average molecular weight is 237 g/mol. The van der Waals surface area contributed by atoms with Crippen molar-refractivity contribution < 1.29 is 23.1 Å². The van der Waals surface area contributed by atoms with Gasteiger partial charge in [0.05, 0.1) is 0 Å². The zero-order valence-corrected chi connectivity index (χ0v) is 7.53. The zero-order valence-electron chi connectivity index (χ0n) is 5.94. The Morgan fingerprint density at radius 3 is 1.55 bits per heavy atom. The maximum Gasteiger partial charge on any atom is 0.490 e. The SMILES string of the molecule is CC(C)Br.O=C(O)C(F)(F)F. The van der Waals surface area contributed by atoms with Gasteiger partial charge in [0.1, 0.15) is 0 Å². The molecule has 0 spiro atoms. The van der Waals surface area contributed by atoms with E-state index in [4.69, 9.17) is 9.90 Å². The zero-order chi connectivity index (χ0) is 9.65. The summed E-state index contributed by atoms with van der Waals surface area (Å²) < 4.78 is 31.7. The topological polar surface area (TPSA) is 37.3 Å². The normalized spacial score (nSPS) is 10.5. The minimum absolute atomic E-state index is 0.646. The number of alkyl halides is 4. The Balaban J connectivity index is 0. The third kappa shape index (κ3) is 17.7. The first-order chi connectivity index (χ1) is 4.68. The number of rotatable bonds is 0. The smallest absolute Gasteiger partial charge is 0.475 e. The molecule has 68 valence electrons. The molecule has 2 nitrogen and oxygen atoms in total. The van der Waals surface area contributed by atoms with Gasteiger partial charge in [-0.25, -0.2) is 4.79 Å². The van der Waals surface area contributed by atoms with E-state index < -0.39 is 12.1 Å². The highest BCUT2D eigenvalue weighted by molar-refractivity contribution is 9.09. The average Bonchev–Trinajstić information content (AvgIpc) is 1.59. The van der Waals surface area contributed by atoms with Crippen molar-refractivity contribution in [3.8, 4) is 0 Å². The van der Waals surface area contributed by atoms with Crippen molar-refractivity contribution in [2.24, 2.45) is 0 Å². The molecule has 0 aromatic rings. The minimum Gasteiger partial charge on any atom is -0.475 e. The predicted octanol–water partition coefficient (Wildman–Crippen LogP) is 2.42. The first-order valence-corrected chi connectivity index (χ1v) is 3.53. The summed E-state index contributed by atoms with van der Waals surface area (Å²) in [6.45, 7) is 4.17. The molecule has 0 saturated heterocycles. The molecule has 0 aromatic heterocycles. The number of aliphatic carboxylic acids is 1. The van der Waals surface area contributed by atoms with Gasteiger partial charge in [-0.15, -0.1) is 0 Å². The van der Waals surface area contributed by atoms with Crippen LogP contribution in [0.2, 0.25) is 0 Å². The third-order valence-corrected chi connectivity index (χ3v) is 0.243. The van der Waals surface area contributed by atoms with E-state index in [1.807, 2.05) is 0 Å². The molecule has 0 heterocycles. The molecular formula is C5H8BrF3O2. The molecule has 0 aliphatic heterocycles. The Hall–Kier alpha value is -0.260. The van der Waals surface area contributed by atoms with E-state index in [0.29, 0.717) is 4.83 Å². The highest BCUT2D eigenvalue weighted by Crippen LogP contribution is 2.13. The second kappa shape index (κ2) is 5.40. The van der Waals surface area contributed by atoms with Crippen LogP contribution < -0.4 is 0 Å². The molecule has 6 heteroatoms. The quantitative estimate of drug-likeness (QED) is 0.657. The number of hydrogen-bond donors (Lipinski definition) is 1. The lowest BCUT2D eigenvalue weighted by atomic mass is 10.6. The van der Waals surface area contributed by atoms with Crippen LogP contribution in [0.1, 0.15) is 13.8 Å². The van der Waals surface area contributed by atoms with E-state index in [-0.39, 0.29) is 0 Å². The molecule has 0 saturated carbocycles. The van der Waals surface area contributed by atoms with Gasteiger partial charge in [-0.1, -0.05) is 29.8 Å². The summed E-state index contributed by atoms with van der Waals surface area (Å²) in [6, 6.07) is 0. The van der Waals surface area contributed by atoms with Crippen molar-refractivity contribution in [2.45, 2.75) is 24.9 Å². The van der Waals surface area contributed by atoms with Crippen LogP contribution in [0.15, 0.2) is 0 Å². The van der Waals surface area contributed by atoms with E-state index in [2.05, 4.69) is 29.8 Å². The van der Waals surface area contributed by atoms with Crippen LogP contribution in [0.5, 0.6) is 0 Å². The summed E-state index contributed by atoms with van der Waals surface area (Å²) in [4.78, 5) is 9.54. The van der Waals surface area contributed by atoms with Crippen LogP contribution in [0, 0.1) is 0 Å². The fraction of sp³-hybridized carbons (Fsp3) is 0.800. The van der Waals surface area contributed by atoms with Crippen molar-refractivity contribution in [1.82, 2.24) is 0 Å². The Labute approximate surface area is 70.5 Å². The Bertz CT molecular complexity index is 119. The van der Waals surface area contributed by atoms with E-state index in [9.17, 15) is 13.2 Å². The highest BCUT2D eigenvalue weighted by atomic mass is 79.9. The molecule has 0 bridgehead atoms. The van der Waals surface area contributed by atoms with Crippen LogP contribution in [-0.2, 0) is 4.79 Å². The maximum absolute atomic E-state index is 10.6. The van der Waals surface area contributed by atoms with Crippen LogP contribution in [0.4, 0.5) is 13.2 Å². The Kier molecular flexibility index (Phi) is 6.55. The first-order valence-electron chi connectivity index (χ1n) is 2.62. The molecule has 0 fully saturated rings. The monoisotopic (exact) mass is 236 g/mol. The Morgan fingerprint density at radius 2 is 1.55 bits per heavy atom. The van der Waals surface area contributed by atoms with E-state index in [1.165, 1.54) is 0 Å². The largest absolute Gasteiger partial charge is 0.490 e. The summed E-state index contributed by atoms with van der Waals surface area (Å²) in [5, 5.41) is 7.12. The van der Waals surface area contributed by atoms with Gasteiger partial charge in [-0.2, -0.15) is 13.2 Å². The lowest BCUT2D eigenvalue weighted by molar-refractivity contribution is -0.192. The second-order valence-corrected chi connectivity index (χ2v) is 3.65. The predicted molar refractivity (Wildman–Crippen MR) is 37.8 cm³/mol. The fourth-order valence-electron chi connectivity index (χ4n) is 0. The first kappa shape index (κ1) is 13.3. The van der Waals surface area contributed by atoms with Crippen molar-refractivity contribution in [3.05, 3.63) is 0 Å². The van der Waals surface area contributed by atoms with Crippen molar-refractivity contribution in [3.63, 3.8) is 0 Å². The Morgan fingerprint density at radius 1 is 1.45 bits per heavy atom. The molecule has 0 aromatic carbocycles. The molecule has 0 atom stereocenters. The number of carboxylic acid groups (broad SMARTS) is 1. The number of carboxylic acids is 1. The van der Waals surface area contributed by atoms with E-state index >= 15 is 0 Å². The lowest BCUT2D eigenvalue weighted by Crippen LogP contribution is -2.21. The number of hydrogen-bond acceptors (Lipinski definition) is 1. The van der Waals surface area contributed by atoms with Gasteiger partial charge in [0, 0.05) is 4.83 Å². The van der Waals surface area contributed by atoms with Crippen LogP contribution in [0.3, 0.4) is 0 Å². The second-order valence-electron chi connectivity index (χ2n) is 1.82. The van der Waals surface area contributed by atoms with Crippen molar-refractivity contribution >= 4 is 21.9 Å². The summed E-state index contributed by atoms with van der Waals surface area (Å²) in [6.07, 6.45) is -5.08. The van der Waals surface area contributed by atoms with Crippen LogP contribution in [-0.4, -0.2) is 22.1 Å². The summed E-state index contributed by atoms with van der Waals surface area (Å²) in [5.74, 6) is -2.76. The molecular weight excluding hydrogens is 229 g/mol. The van der Waals surface area contributed by atoms with Gasteiger partial charge in [0.2, 0.25) is 0 Å². The van der Waals surface area contributed by atoms with Crippen LogP contribution >= 0.6 is 15.9 Å². The van der Waals surface area contributed by atoms with Crippen molar-refractivity contribution in [1.29, 1.82) is 0 Å². The standard InChI is InChI=1S/C3H7Br.C2HF3O2/c1-3(2)4;3-2(4,5)1(6)7/h3H,1-2H3;(H,6,7). The van der Waals surface area contributed by atoms with Crippen LogP contribution in [0.25, 0.3) is 0 Å². The van der Waals surface area contributed by atoms with Gasteiger partial charge in [0.25, 0.3) is 0 Å². The molecule has 0 rings (SSSR count). The van der Waals surface area contributed by atoms with E-state index in [0.717, 1.165) is 0 Å². The molecule has 0 unspecified atom stereocenters. The van der Waals surface area contributed by atoms with Crippen molar-refractivity contribution in [2.75, 3.05) is 0 Å². The molecule has 1 N–H and O–H groups in total. The molecule has 0 aliphatic carbocycles. The van der Waals surface area contributed by atoms with Gasteiger partial charge >= 0.3 is 12.1 Å². The molecule has 0 radical (unpaired) electrons. The number of carbonyl (C=O) groups is 1. The third-order valence-electron chi connectivity index (χ3n) is 0.243. The van der Waals surface area contributed by atoms with Gasteiger partial charge in [-0.3, -0.25) is 0 Å².